The maximum Gasteiger partial charge on any atom is 0.416 e. The van der Waals surface area contributed by atoms with Gasteiger partial charge >= 0.3 is 6.18 Å². The molecule has 1 amide bonds. The zero-order chi connectivity index (χ0) is 24.5. The molecule has 1 fully saturated rings. The molecule has 2 heterocycles. The standard InChI is InChI=1S/C21H20F3N5O3S2/c1-14-4-2-5-15(12-14)18(30)25-19-26-27-20(33-19)34(31,32)29-10-8-28(9-11-29)17-7-3-6-16(13-17)21(22,23)24/h2-7,12-13H,8-11H2,1H3,(H,25,26,30). The molecule has 13 heteroatoms. The lowest BCUT2D eigenvalue weighted by molar-refractivity contribution is -0.137. The van der Waals surface area contributed by atoms with E-state index in [1.807, 2.05) is 13.0 Å². The third-order valence-electron chi connectivity index (χ3n) is 5.25. The Morgan fingerprint density at radius 3 is 2.41 bits per heavy atom. The number of alkyl halides is 3. The quantitative estimate of drug-likeness (QED) is 0.526. The largest absolute Gasteiger partial charge is 0.416 e. The van der Waals surface area contributed by atoms with Crippen LogP contribution in [0.15, 0.2) is 52.9 Å². The van der Waals surface area contributed by atoms with E-state index in [0.29, 0.717) is 11.3 Å². The highest BCUT2D eigenvalue weighted by Gasteiger charge is 2.34. The first kappa shape index (κ1) is 24.1. The van der Waals surface area contributed by atoms with Gasteiger partial charge in [-0.3, -0.25) is 10.1 Å². The zero-order valence-corrected chi connectivity index (χ0v) is 19.5. The van der Waals surface area contributed by atoms with Gasteiger partial charge < -0.3 is 4.90 Å². The fourth-order valence-electron chi connectivity index (χ4n) is 3.50. The molecule has 4 rings (SSSR count). The highest BCUT2D eigenvalue weighted by Crippen LogP contribution is 2.32. The summed E-state index contributed by atoms with van der Waals surface area (Å²) in [5.74, 6) is -0.432. The molecule has 0 atom stereocenters. The van der Waals surface area contributed by atoms with Crippen LogP contribution in [0.5, 0.6) is 0 Å². The van der Waals surface area contributed by atoms with Crippen molar-refractivity contribution in [1.29, 1.82) is 0 Å². The summed E-state index contributed by atoms with van der Waals surface area (Å²) in [5, 5.41) is 10.1. The monoisotopic (exact) mass is 511 g/mol. The number of nitrogens with zero attached hydrogens (tertiary/aromatic N) is 4. The minimum atomic E-state index is -4.45. The van der Waals surface area contributed by atoms with Crippen molar-refractivity contribution in [2.45, 2.75) is 17.4 Å². The number of piperazine rings is 1. The number of aryl methyl sites for hydroxylation is 1. The number of carbonyl (C=O) groups excluding carboxylic acids is 1. The average Bonchev–Trinajstić information content (AvgIpc) is 3.28. The molecule has 0 unspecified atom stereocenters. The number of sulfonamides is 1. The summed E-state index contributed by atoms with van der Waals surface area (Å²) in [7, 11) is -3.97. The first-order valence-electron chi connectivity index (χ1n) is 10.2. The molecule has 0 spiro atoms. The highest BCUT2D eigenvalue weighted by atomic mass is 32.2. The number of carbonyl (C=O) groups is 1. The molecule has 0 bridgehead atoms. The van der Waals surface area contributed by atoms with Crippen LogP contribution in [-0.2, 0) is 16.2 Å². The molecule has 0 radical (unpaired) electrons. The third-order valence-corrected chi connectivity index (χ3v) is 8.33. The van der Waals surface area contributed by atoms with Gasteiger partial charge in [-0.05, 0) is 37.3 Å². The molecule has 3 aromatic rings. The number of nitrogens with one attached hydrogen (secondary N) is 1. The summed E-state index contributed by atoms with van der Waals surface area (Å²) < 4.78 is 65.9. The topological polar surface area (TPSA) is 95.5 Å². The van der Waals surface area contributed by atoms with Gasteiger partial charge in [0.05, 0.1) is 5.56 Å². The van der Waals surface area contributed by atoms with Crippen LogP contribution in [0.3, 0.4) is 0 Å². The average molecular weight is 512 g/mol. The van der Waals surface area contributed by atoms with Gasteiger partial charge in [-0.1, -0.05) is 35.1 Å². The molecule has 8 nitrogen and oxygen atoms in total. The normalized spacial score (nSPS) is 15.4. The summed E-state index contributed by atoms with van der Waals surface area (Å²) in [4.78, 5) is 14.1. The minimum Gasteiger partial charge on any atom is -0.369 e. The van der Waals surface area contributed by atoms with Gasteiger partial charge in [0.15, 0.2) is 0 Å². The summed E-state index contributed by atoms with van der Waals surface area (Å²) >= 11 is 0.740. The second-order valence-electron chi connectivity index (χ2n) is 7.64. The van der Waals surface area contributed by atoms with E-state index in [1.165, 1.54) is 10.4 Å². The van der Waals surface area contributed by atoms with Gasteiger partial charge in [0, 0.05) is 37.4 Å². The number of rotatable bonds is 5. The molecule has 1 saturated heterocycles. The van der Waals surface area contributed by atoms with Crippen LogP contribution in [0.1, 0.15) is 21.5 Å². The lowest BCUT2D eigenvalue weighted by atomic mass is 10.1. The Labute approximate surface area is 198 Å². The Morgan fingerprint density at radius 2 is 1.74 bits per heavy atom. The fourth-order valence-corrected chi connectivity index (χ4v) is 5.95. The number of benzene rings is 2. The van der Waals surface area contributed by atoms with E-state index in [9.17, 15) is 26.4 Å². The van der Waals surface area contributed by atoms with Crippen LogP contribution in [0.25, 0.3) is 0 Å². The molecule has 1 aliphatic heterocycles. The molecular formula is C21H20F3N5O3S2. The minimum absolute atomic E-state index is 0.0488. The van der Waals surface area contributed by atoms with Crippen LogP contribution >= 0.6 is 11.3 Å². The lowest BCUT2D eigenvalue weighted by Crippen LogP contribution is -2.48. The predicted molar refractivity (Wildman–Crippen MR) is 121 cm³/mol. The molecule has 2 aromatic carbocycles. The first-order chi connectivity index (χ1) is 16.0. The Hall–Kier alpha value is -3.03. The van der Waals surface area contributed by atoms with Gasteiger partial charge in [-0.2, -0.15) is 17.5 Å². The molecule has 0 saturated carbocycles. The van der Waals surface area contributed by atoms with Crippen molar-refractivity contribution in [2.75, 3.05) is 36.4 Å². The number of anilines is 2. The third kappa shape index (κ3) is 5.21. The van der Waals surface area contributed by atoms with Gasteiger partial charge in [0.1, 0.15) is 0 Å². The first-order valence-corrected chi connectivity index (χ1v) is 12.4. The van der Waals surface area contributed by atoms with Crippen molar-refractivity contribution in [3.05, 3.63) is 65.2 Å². The number of amides is 1. The number of aromatic nitrogens is 2. The highest BCUT2D eigenvalue weighted by molar-refractivity contribution is 7.91. The summed E-state index contributed by atoms with van der Waals surface area (Å²) in [5.41, 5.74) is 0.931. The maximum atomic E-state index is 13.0. The summed E-state index contributed by atoms with van der Waals surface area (Å²) in [6.07, 6.45) is -4.45. The summed E-state index contributed by atoms with van der Waals surface area (Å²) in [6, 6.07) is 11.8. The van der Waals surface area contributed by atoms with E-state index >= 15 is 0 Å². The Bertz CT molecular complexity index is 1300. The molecule has 0 aliphatic carbocycles. The van der Waals surface area contributed by atoms with Crippen LogP contribution in [0, 0.1) is 6.92 Å². The van der Waals surface area contributed by atoms with E-state index in [0.717, 1.165) is 29.0 Å². The van der Waals surface area contributed by atoms with Crippen molar-refractivity contribution >= 4 is 38.1 Å². The second-order valence-corrected chi connectivity index (χ2v) is 10.7. The molecule has 180 valence electrons. The van der Waals surface area contributed by atoms with E-state index in [4.69, 9.17) is 0 Å². The van der Waals surface area contributed by atoms with Crippen molar-refractivity contribution in [3.63, 3.8) is 0 Å². The Balaban J connectivity index is 1.41. The SMILES string of the molecule is Cc1cccc(C(=O)Nc2nnc(S(=O)(=O)N3CCN(c4cccc(C(F)(F)F)c4)CC3)s2)c1. The van der Waals surface area contributed by atoms with Crippen LogP contribution < -0.4 is 10.2 Å². The van der Waals surface area contributed by atoms with Crippen LogP contribution in [-0.4, -0.2) is 55.0 Å². The van der Waals surface area contributed by atoms with Gasteiger partial charge in [0.2, 0.25) is 9.47 Å². The Kier molecular flexibility index (Phi) is 6.60. The molecule has 1 N–H and O–H groups in total. The molecule has 1 aliphatic rings. The van der Waals surface area contributed by atoms with E-state index in [2.05, 4.69) is 15.5 Å². The van der Waals surface area contributed by atoms with Crippen molar-refractivity contribution in [3.8, 4) is 0 Å². The number of hydrogen-bond acceptors (Lipinski definition) is 7. The molecular weight excluding hydrogens is 491 g/mol. The molecule has 1 aromatic heterocycles. The maximum absolute atomic E-state index is 13.0. The smallest absolute Gasteiger partial charge is 0.369 e. The Morgan fingerprint density at radius 1 is 1.03 bits per heavy atom. The van der Waals surface area contributed by atoms with Crippen LogP contribution in [0.4, 0.5) is 24.0 Å². The predicted octanol–water partition coefficient (Wildman–Crippen LogP) is 3.63. The van der Waals surface area contributed by atoms with Gasteiger partial charge in [-0.15, -0.1) is 10.2 Å². The van der Waals surface area contributed by atoms with Crippen molar-refractivity contribution in [1.82, 2.24) is 14.5 Å². The summed E-state index contributed by atoms with van der Waals surface area (Å²) in [6.45, 7) is 2.43. The lowest BCUT2D eigenvalue weighted by Gasteiger charge is -2.35. The number of halogens is 3. The van der Waals surface area contributed by atoms with Gasteiger partial charge in [0.25, 0.3) is 15.9 Å². The fraction of sp³-hybridized carbons (Fsp3) is 0.286. The zero-order valence-electron chi connectivity index (χ0n) is 17.9. The van der Waals surface area contributed by atoms with Crippen molar-refractivity contribution in [2.24, 2.45) is 0 Å². The van der Waals surface area contributed by atoms with Crippen LogP contribution in [0.2, 0.25) is 0 Å². The van der Waals surface area contributed by atoms with E-state index < -0.39 is 27.7 Å². The van der Waals surface area contributed by atoms with E-state index in [1.54, 1.807) is 29.2 Å². The molecule has 34 heavy (non-hydrogen) atoms. The van der Waals surface area contributed by atoms with E-state index in [-0.39, 0.29) is 35.7 Å². The number of hydrogen-bond donors (Lipinski definition) is 1. The van der Waals surface area contributed by atoms with Crippen molar-refractivity contribution < 1.29 is 26.4 Å². The second kappa shape index (κ2) is 9.31. The van der Waals surface area contributed by atoms with Gasteiger partial charge in [-0.25, -0.2) is 8.42 Å².